The first-order valence-electron chi connectivity index (χ1n) is 5.38. The topological polar surface area (TPSA) is 49.9 Å². The Labute approximate surface area is 102 Å². The summed E-state index contributed by atoms with van der Waals surface area (Å²) in [5.41, 5.74) is 0. The van der Waals surface area contributed by atoms with Crippen LogP contribution in [0, 0.1) is 0 Å². The summed E-state index contributed by atoms with van der Waals surface area (Å²) in [5, 5.41) is 1.94. The Morgan fingerprint density at radius 2 is 1.88 bits per heavy atom. The number of hydrogen-bond acceptors (Lipinski definition) is 6. The fourth-order valence-electron chi connectivity index (χ4n) is 1.35. The minimum absolute atomic E-state index is 0.242. The van der Waals surface area contributed by atoms with E-state index in [9.17, 15) is 8.42 Å². The molecule has 1 fully saturated rings. The van der Waals surface area contributed by atoms with Gasteiger partial charge in [0.1, 0.15) is 9.84 Å². The molecule has 0 N–H and O–H groups in total. The third-order valence-electron chi connectivity index (χ3n) is 2.36. The van der Waals surface area contributed by atoms with E-state index in [4.69, 9.17) is 4.28 Å². The summed E-state index contributed by atoms with van der Waals surface area (Å²) in [6.45, 7) is 3.86. The maximum Gasteiger partial charge on any atom is 0.147 e. The molecule has 0 amide bonds. The van der Waals surface area contributed by atoms with Crippen molar-refractivity contribution in [3.05, 3.63) is 0 Å². The van der Waals surface area contributed by atoms with E-state index < -0.39 is 9.84 Å². The highest BCUT2D eigenvalue weighted by Crippen LogP contribution is 2.11. The van der Waals surface area contributed by atoms with Gasteiger partial charge < -0.3 is 4.90 Å². The van der Waals surface area contributed by atoms with Crippen LogP contribution in [0.1, 0.15) is 6.42 Å². The number of piperazine rings is 1. The van der Waals surface area contributed by atoms with Gasteiger partial charge in [-0.1, -0.05) is 0 Å². The molecule has 16 heavy (non-hydrogen) atoms. The van der Waals surface area contributed by atoms with E-state index in [0.717, 1.165) is 31.9 Å². The minimum atomic E-state index is -2.83. The second-order valence-electron chi connectivity index (χ2n) is 4.11. The van der Waals surface area contributed by atoms with Crippen LogP contribution in [0.15, 0.2) is 0 Å². The summed E-state index contributed by atoms with van der Waals surface area (Å²) < 4.78 is 27.2. The van der Waals surface area contributed by atoms with Crippen molar-refractivity contribution in [3.63, 3.8) is 0 Å². The second kappa shape index (κ2) is 6.80. The molecule has 0 bridgehead atoms. The number of hydrogen-bond donors (Lipinski definition) is 0. The van der Waals surface area contributed by atoms with Crippen LogP contribution < -0.4 is 0 Å². The average Bonchev–Trinajstić information content (AvgIpc) is 2.19. The molecule has 0 aromatic rings. The Morgan fingerprint density at radius 3 is 2.44 bits per heavy atom. The van der Waals surface area contributed by atoms with Gasteiger partial charge in [0.2, 0.25) is 0 Å². The molecule has 0 radical (unpaired) electrons. The molecule has 0 spiro atoms. The van der Waals surface area contributed by atoms with Gasteiger partial charge in [-0.25, -0.2) is 12.7 Å². The van der Waals surface area contributed by atoms with Crippen LogP contribution >= 0.6 is 12.0 Å². The molecule has 0 aliphatic carbocycles. The lowest BCUT2D eigenvalue weighted by Crippen LogP contribution is -2.43. The van der Waals surface area contributed by atoms with Gasteiger partial charge >= 0.3 is 0 Å². The Morgan fingerprint density at radius 1 is 1.25 bits per heavy atom. The minimum Gasteiger partial charge on any atom is -0.304 e. The van der Waals surface area contributed by atoms with Gasteiger partial charge in [0, 0.05) is 50.2 Å². The molecule has 0 saturated carbocycles. The number of rotatable bonds is 6. The van der Waals surface area contributed by atoms with Crippen LogP contribution in [0.2, 0.25) is 0 Å². The SMILES string of the molecule is CN1CCN(OSCCCS(C)(=O)=O)CC1. The second-order valence-corrected chi connectivity index (χ2v) is 7.17. The lowest BCUT2D eigenvalue weighted by molar-refractivity contribution is -0.0673. The third-order valence-corrected chi connectivity index (χ3v) is 4.16. The molecule has 1 aliphatic heterocycles. The predicted octanol–water partition coefficient (Wildman–Crippen LogP) is 0.248. The van der Waals surface area contributed by atoms with E-state index in [1.54, 1.807) is 0 Å². The zero-order valence-corrected chi connectivity index (χ0v) is 11.5. The van der Waals surface area contributed by atoms with E-state index in [1.807, 2.05) is 5.06 Å². The van der Waals surface area contributed by atoms with Crippen molar-refractivity contribution in [2.45, 2.75) is 6.42 Å². The van der Waals surface area contributed by atoms with Gasteiger partial charge in [0.05, 0.1) is 5.75 Å². The monoisotopic (exact) mass is 268 g/mol. The summed E-state index contributed by atoms with van der Waals surface area (Å²) >= 11 is 1.34. The van der Waals surface area contributed by atoms with E-state index >= 15 is 0 Å². The Kier molecular flexibility index (Phi) is 6.06. The van der Waals surface area contributed by atoms with Crippen molar-refractivity contribution in [3.8, 4) is 0 Å². The maximum absolute atomic E-state index is 10.9. The Bertz CT molecular complexity index is 287. The zero-order chi connectivity index (χ0) is 12.0. The van der Waals surface area contributed by atoms with Crippen molar-refractivity contribution in [1.29, 1.82) is 0 Å². The van der Waals surface area contributed by atoms with Crippen LogP contribution in [-0.2, 0) is 14.1 Å². The molecule has 1 aliphatic rings. The van der Waals surface area contributed by atoms with Gasteiger partial charge in [0.25, 0.3) is 0 Å². The summed E-state index contributed by atoms with van der Waals surface area (Å²) in [7, 11) is -0.732. The molecule has 0 aromatic heterocycles. The lowest BCUT2D eigenvalue weighted by atomic mass is 10.4. The highest BCUT2D eigenvalue weighted by Gasteiger charge is 2.14. The standard InChI is InChI=1S/C9H20N2O3S2/c1-10-4-6-11(7-5-10)14-15-8-3-9-16(2,12)13/h3-9H2,1-2H3. The molecule has 0 atom stereocenters. The first kappa shape index (κ1) is 14.2. The first-order valence-corrected chi connectivity index (χ1v) is 8.35. The summed E-state index contributed by atoms with van der Waals surface area (Å²) in [6, 6.07) is 0. The quantitative estimate of drug-likeness (QED) is 0.508. The molecule has 96 valence electrons. The number of nitrogens with zero attached hydrogens (tertiary/aromatic N) is 2. The number of hydroxylamine groups is 2. The fourth-order valence-corrected chi connectivity index (χ4v) is 2.84. The van der Waals surface area contributed by atoms with Crippen molar-refractivity contribution in [2.75, 3.05) is 51.0 Å². The maximum atomic E-state index is 10.9. The van der Waals surface area contributed by atoms with Gasteiger partial charge in [-0.3, -0.25) is 0 Å². The van der Waals surface area contributed by atoms with E-state index in [2.05, 4.69) is 11.9 Å². The van der Waals surface area contributed by atoms with Crippen molar-refractivity contribution >= 4 is 21.9 Å². The molecule has 1 rings (SSSR count). The highest BCUT2D eigenvalue weighted by atomic mass is 32.2. The third kappa shape index (κ3) is 6.70. The Balaban J connectivity index is 1.99. The number of sulfone groups is 1. The van der Waals surface area contributed by atoms with Gasteiger partial charge in [0.15, 0.2) is 0 Å². The predicted molar refractivity (Wildman–Crippen MR) is 66.9 cm³/mol. The van der Waals surface area contributed by atoms with E-state index in [0.29, 0.717) is 6.42 Å². The van der Waals surface area contributed by atoms with Crippen LogP contribution in [0.25, 0.3) is 0 Å². The van der Waals surface area contributed by atoms with Crippen LogP contribution in [0.5, 0.6) is 0 Å². The molecule has 7 heteroatoms. The smallest absolute Gasteiger partial charge is 0.147 e. The van der Waals surface area contributed by atoms with Gasteiger partial charge in [-0.05, 0) is 13.5 Å². The molecule has 1 heterocycles. The van der Waals surface area contributed by atoms with Crippen molar-refractivity contribution < 1.29 is 12.7 Å². The lowest BCUT2D eigenvalue weighted by Gasteiger charge is -2.30. The van der Waals surface area contributed by atoms with Crippen molar-refractivity contribution in [1.82, 2.24) is 9.96 Å². The molecule has 5 nitrogen and oxygen atoms in total. The fraction of sp³-hybridized carbons (Fsp3) is 1.00. The molecular weight excluding hydrogens is 248 g/mol. The van der Waals surface area contributed by atoms with Crippen LogP contribution in [-0.4, -0.2) is 69.4 Å². The summed E-state index contributed by atoms with van der Waals surface area (Å²) in [6.07, 6.45) is 1.91. The van der Waals surface area contributed by atoms with E-state index in [1.165, 1.54) is 18.3 Å². The molecular formula is C9H20N2O3S2. The first-order chi connectivity index (χ1) is 7.47. The van der Waals surface area contributed by atoms with Gasteiger partial charge in [-0.2, -0.15) is 5.06 Å². The molecule has 1 saturated heterocycles. The molecule has 0 unspecified atom stereocenters. The van der Waals surface area contributed by atoms with Crippen LogP contribution in [0.4, 0.5) is 0 Å². The number of likely N-dealkylation sites (N-methyl/N-ethyl adjacent to an activating group) is 1. The summed E-state index contributed by atoms with van der Waals surface area (Å²) in [5.74, 6) is 0.964. The Hall–Kier alpha value is 0.180. The van der Waals surface area contributed by atoms with Gasteiger partial charge in [-0.15, -0.1) is 0 Å². The zero-order valence-electron chi connectivity index (χ0n) is 9.89. The van der Waals surface area contributed by atoms with E-state index in [-0.39, 0.29) is 5.75 Å². The summed E-state index contributed by atoms with van der Waals surface area (Å²) in [4.78, 5) is 2.26. The highest BCUT2D eigenvalue weighted by molar-refractivity contribution is 7.94. The normalized spacial score (nSPS) is 20.1. The largest absolute Gasteiger partial charge is 0.304 e. The average molecular weight is 268 g/mol. The molecule has 0 aromatic carbocycles. The van der Waals surface area contributed by atoms with Crippen molar-refractivity contribution in [2.24, 2.45) is 0 Å². The van der Waals surface area contributed by atoms with Crippen LogP contribution in [0.3, 0.4) is 0 Å².